The number of benzene rings is 2. The molecule has 1 aliphatic rings. The van der Waals surface area contributed by atoms with E-state index in [1.54, 1.807) is 12.0 Å². The Morgan fingerprint density at radius 3 is 2.71 bits per heavy atom. The Hall–Kier alpha value is -1.38. The Labute approximate surface area is 164 Å². The minimum atomic E-state index is -0.0604. The van der Waals surface area contributed by atoms with E-state index in [-0.39, 0.29) is 5.91 Å². The van der Waals surface area contributed by atoms with E-state index in [4.69, 9.17) is 17.0 Å². The molecule has 1 fully saturated rings. The van der Waals surface area contributed by atoms with Crippen LogP contribution in [0.25, 0.3) is 6.08 Å². The van der Waals surface area contributed by atoms with Crippen molar-refractivity contribution < 1.29 is 9.53 Å². The van der Waals surface area contributed by atoms with E-state index in [9.17, 15) is 4.79 Å². The lowest BCUT2D eigenvalue weighted by Gasteiger charge is -2.14. The first-order chi connectivity index (χ1) is 11.6. The number of hydrogen-bond acceptors (Lipinski definition) is 4. The van der Waals surface area contributed by atoms with Crippen molar-refractivity contribution >= 4 is 62.9 Å². The highest BCUT2D eigenvalue weighted by Crippen LogP contribution is 2.35. The standard InChI is InChI=1S/C18H14INO2S2/c1-22-15-8-7-14(19)9-13(15)10-16-17(21)20(18(23)24-16)11-12-5-3-2-4-6-12/h2-10H,11H2,1H3. The topological polar surface area (TPSA) is 29.5 Å². The van der Waals surface area contributed by atoms with Gasteiger partial charge in [0, 0.05) is 9.13 Å². The predicted octanol–water partition coefficient (Wildman–Crippen LogP) is 4.70. The highest BCUT2D eigenvalue weighted by atomic mass is 127. The lowest BCUT2D eigenvalue weighted by atomic mass is 10.1. The second-order valence-corrected chi connectivity index (χ2v) is 8.06. The Morgan fingerprint density at radius 2 is 2.00 bits per heavy atom. The van der Waals surface area contributed by atoms with Crippen LogP contribution >= 0.6 is 46.6 Å². The van der Waals surface area contributed by atoms with Gasteiger partial charge in [0.1, 0.15) is 10.1 Å². The SMILES string of the molecule is COc1ccc(I)cc1C=C1SC(=S)N(Cc2ccccc2)C1=O. The van der Waals surface area contributed by atoms with E-state index in [0.29, 0.717) is 15.8 Å². The maximum absolute atomic E-state index is 12.7. The van der Waals surface area contributed by atoms with Gasteiger partial charge in [0.2, 0.25) is 0 Å². The zero-order valence-corrected chi connectivity index (χ0v) is 16.7. The fraction of sp³-hybridized carbons (Fsp3) is 0.111. The molecule has 24 heavy (non-hydrogen) atoms. The number of halogens is 1. The van der Waals surface area contributed by atoms with Gasteiger partial charge in [-0.25, -0.2) is 0 Å². The monoisotopic (exact) mass is 467 g/mol. The van der Waals surface area contributed by atoms with Crippen LogP contribution < -0.4 is 4.74 Å². The minimum absolute atomic E-state index is 0.0604. The molecule has 0 aromatic heterocycles. The number of nitrogens with zero attached hydrogens (tertiary/aromatic N) is 1. The van der Waals surface area contributed by atoms with E-state index in [2.05, 4.69) is 22.6 Å². The molecule has 0 atom stereocenters. The largest absolute Gasteiger partial charge is 0.496 e. The van der Waals surface area contributed by atoms with Crippen molar-refractivity contribution in [3.8, 4) is 5.75 Å². The average molecular weight is 467 g/mol. The second-order valence-electron chi connectivity index (χ2n) is 5.14. The smallest absolute Gasteiger partial charge is 0.266 e. The van der Waals surface area contributed by atoms with Crippen LogP contribution in [0.2, 0.25) is 0 Å². The van der Waals surface area contributed by atoms with Crippen molar-refractivity contribution in [3.63, 3.8) is 0 Å². The quantitative estimate of drug-likeness (QED) is 0.371. The second kappa shape index (κ2) is 7.67. The minimum Gasteiger partial charge on any atom is -0.496 e. The first-order valence-electron chi connectivity index (χ1n) is 7.21. The third kappa shape index (κ3) is 3.81. The highest BCUT2D eigenvalue weighted by molar-refractivity contribution is 14.1. The molecule has 2 aromatic carbocycles. The fourth-order valence-electron chi connectivity index (χ4n) is 2.36. The zero-order chi connectivity index (χ0) is 17.1. The molecule has 6 heteroatoms. The lowest BCUT2D eigenvalue weighted by Crippen LogP contribution is -2.27. The Bertz CT molecular complexity index is 821. The van der Waals surface area contributed by atoms with Gasteiger partial charge >= 0.3 is 0 Å². The van der Waals surface area contributed by atoms with Gasteiger partial charge in [0.15, 0.2) is 0 Å². The Balaban J connectivity index is 1.87. The van der Waals surface area contributed by atoms with E-state index in [1.165, 1.54) is 11.8 Å². The molecule has 1 heterocycles. The molecule has 1 amide bonds. The molecule has 0 aliphatic carbocycles. The molecule has 0 saturated carbocycles. The molecule has 122 valence electrons. The fourth-order valence-corrected chi connectivity index (χ4v) is 4.12. The first-order valence-corrected chi connectivity index (χ1v) is 9.51. The summed E-state index contributed by atoms with van der Waals surface area (Å²) in [5.74, 6) is 0.679. The number of amides is 1. The zero-order valence-electron chi connectivity index (χ0n) is 12.9. The number of methoxy groups -OCH3 is 1. The molecule has 0 unspecified atom stereocenters. The van der Waals surface area contributed by atoms with Gasteiger partial charge in [-0.05, 0) is 52.4 Å². The number of carbonyl (C=O) groups excluding carboxylic acids is 1. The van der Waals surface area contributed by atoms with E-state index >= 15 is 0 Å². The average Bonchev–Trinajstić information content (AvgIpc) is 2.84. The summed E-state index contributed by atoms with van der Waals surface area (Å²) in [4.78, 5) is 15.0. The molecule has 0 radical (unpaired) electrons. The van der Waals surface area contributed by atoms with Gasteiger partial charge in [-0.1, -0.05) is 54.3 Å². The van der Waals surface area contributed by atoms with Crippen LogP contribution in [0, 0.1) is 3.57 Å². The maximum Gasteiger partial charge on any atom is 0.266 e. The molecule has 1 aliphatic heterocycles. The van der Waals surface area contributed by atoms with Crippen LogP contribution in [0.1, 0.15) is 11.1 Å². The first kappa shape index (κ1) is 17.4. The summed E-state index contributed by atoms with van der Waals surface area (Å²) in [6.07, 6.45) is 1.85. The van der Waals surface area contributed by atoms with E-state index in [0.717, 1.165) is 20.4 Å². The van der Waals surface area contributed by atoms with Crippen molar-refractivity contribution in [3.05, 3.63) is 68.1 Å². The van der Waals surface area contributed by atoms with Crippen LogP contribution in [0.15, 0.2) is 53.4 Å². The van der Waals surface area contributed by atoms with Gasteiger partial charge in [-0.2, -0.15) is 0 Å². The summed E-state index contributed by atoms with van der Waals surface area (Å²) < 4.78 is 7.05. The van der Waals surface area contributed by atoms with Gasteiger partial charge < -0.3 is 4.74 Å². The van der Waals surface area contributed by atoms with Gasteiger partial charge in [0.05, 0.1) is 18.6 Å². The van der Waals surface area contributed by atoms with Crippen molar-refractivity contribution in [2.45, 2.75) is 6.54 Å². The molecule has 2 aromatic rings. The van der Waals surface area contributed by atoms with Gasteiger partial charge in [-0.3, -0.25) is 9.69 Å². The third-order valence-corrected chi connectivity index (χ3v) is 5.58. The molecule has 1 saturated heterocycles. The summed E-state index contributed by atoms with van der Waals surface area (Å²) in [5, 5.41) is 0. The normalized spacial score (nSPS) is 16.1. The lowest BCUT2D eigenvalue weighted by molar-refractivity contribution is -0.122. The summed E-state index contributed by atoms with van der Waals surface area (Å²) in [7, 11) is 1.63. The van der Waals surface area contributed by atoms with E-state index < -0.39 is 0 Å². The Kier molecular flexibility index (Phi) is 5.57. The molecule has 0 bridgehead atoms. The third-order valence-electron chi connectivity index (χ3n) is 3.54. The number of thioether (sulfide) groups is 1. The number of rotatable bonds is 4. The molecular formula is C18H14INO2S2. The van der Waals surface area contributed by atoms with Crippen molar-refractivity contribution in [1.82, 2.24) is 4.90 Å². The van der Waals surface area contributed by atoms with Crippen LogP contribution in [0.5, 0.6) is 5.75 Å². The van der Waals surface area contributed by atoms with Crippen LogP contribution in [-0.2, 0) is 11.3 Å². The predicted molar refractivity (Wildman–Crippen MR) is 111 cm³/mol. The molecule has 3 nitrogen and oxygen atoms in total. The van der Waals surface area contributed by atoms with Gasteiger partial charge in [0.25, 0.3) is 5.91 Å². The molecular weight excluding hydrogens is 453 g/mol. The maximum atomic E-state index is 12.7. The summed E-state index contributed by atoms with van der Waals surface area (Å²) >= 11 is 8.96. The molecule has 3 rings (SSSR count). The summed E-state index contributed by atoms with van der Waals surface area (Å²) in [6, 6.07) is 15.7. The summed E-state index contributed by atoms with van der Waals surface area (Å²) in [6.45, 7) is 0.492. The number of ether oxygens (including phenoxy) is 1. The number of thiocarbonyl (C=S) groups is 1. The molecule has 0 spiro atoms. The highest BCUT2D eigenvalue weighted by Gasteiger charge is 2.32. The summed E-state index contributed by atoms with van der Waals surface area (Å²) in [5.41, 5.74) is 1.94. The van der Waals surface area contributed by atoms with E-state index in [1.807, 2.05) is 54.6 Å². The van der Waals surface area contributed by atoms with Crippen LogP contribution in [-0.4, -0.2) is 22.2 Å². The number of carbonyl (C=O) groups is 1. The van der Waals surface area contributed by atoms with Crippen molar-refractivity contribution in [2.24, 2.45) is 0 Å². The van der Waals surface area contributed by atoms with Crippen molar-refractivity contribution in [1.29, 1.82) is 0 Å². The van der Waals surface area contributed by atoms with Crippen LogP contribution in [0.4, 0.5) is 0 Å². The number of hydrogen-bond donors (Lipinski definition) is 0. The van der Waals surface area contributed by atoms with Crippen molar-refractivity contribution in [2.75, 3.05) is 7.11 Å². The van der Waals surface area contributed by atoms with Gasteiger partial charge in [-0.15, -0.1) is 0 Å². The van der Waals surface area contributed by atoms with Crippen LogP contribution in [0.3, 0.4) is 0 Å². The molecule has 0 N–H and O–H groups in total. The Morgan fingerprint density at radius 1 is 1.25 bits per heavy atom.